The minimum Gasteiger partial charge on any atom is -0.367 e. The van der Waals surface area contributed by atoms with Crippen LogP contribution in [0.5, 0.6) is 0 Å². The van der Waals surface area contributed by atoms with E-state index in [1.165, 1.54) is 12.1 Å². The smallest absolute Gasteiger partial charge is 0.224 e. The van der Waals surface area contributed by atoms with Gasteiger partial charge in [0, 0.05) is 19.5 Å². The zero-order valence-electron chi connectivity index (χ0n) is 11.4. The quantitative estimate of drug-likeness (QED) is 0.927. The van der Waals surface area contributed by atoms with Gasteiger partial charge in [-0.25, -0.2) is 4.39 Å². The Balaban J connectivity index is 0.00000200. The second-order valence-electron chi connectivity index (χ2n) is 4.82. The molecule has 2 unspecified atom stereocenters. The first-order valence-corrected chi connectivity index (χ1v) is 6.49. The van der Waals surface area contributed by atoms with Gasteiger partial charge in [-0.3, -0.25) is 4.79 Å². The number of hydrogen-bond acceptors (Lipinski definition) is 3. The van der Waals surface area contributed by atoms with E-state index in [-0.39, 0.29) is 36.3 Å². The van der Waals surface area contributed by atoms with Crippen LogP contribution in [0, 0.1) is 5.82 Å². The fourth-order valence-corrected chi connectivity index (χ4v) is 2.30. The van der Waals surface area contributed by atoms with Crippen LogP contribution < -0.4 is 5.73 Å². The molecule has 0 bridgehead atoms. The SMILES string of the molecule is CC1CN(C(=O)CCN)CC(c2ccc(F)cc2)O1.Cl. The average molecular weight is 303 g/mol. The number of nitrogens with two attached hydrogens (primary N) is 1. The largest absolute Gasteiger partial charge is 0.367 e. The highest BCUT2D eigenvalue weighted by molar-refractivity contribution is 5.85. The lowest BCUT2D eigenvalue weighted by atomic mass is 10.1. The minimum absolute atomic E-state index is 0. The maximum absolute atomic E-state index is 12.9. The molecule has 0 aliphatic carbocycles. The van der Waals surface area contributed by atoms with E-state index >= 15 is 0 Å². The van der Waals surface area contributed by atoms with Crippen molar-refractivity contribution in [3.05, 3.63) is 35.6 Å². The summed E-state index contributed by atoms with van der Waals surface area (Å²) in [4.78, 5) is 13.7. The van der Waals surface area contributed by atoms with E-state index < -0.39 is 0 Å². The maximum Gasteiger partial charge on any atom is 0.224 e. The lowest BCUT2D eigenvalue weighted by Crippen LogP contribution is -2.46. The molecular weight excluding hydrogens is 283 g/mol. The van der Waals surface area contributed by atoms with Crippen molar-refractivity contribution in [1.29, 1.82) is 0 Å². The van der Waals surface area contributed by atoms with E-state index in [4.69, 9.17) is 10.5 Å². The van der Waals surface area contributed by atoms with Gasteiger partial charge >= 0.3 is 0 Å². The molecule has 0 radical (unpaired) electrons. The van der Waals surface area contributed by atoms with Gasteiger partial charge in [0.05, 0.1) is 12.6 Å². The zero-order chi connectivity index (χ0) is 13.8. The molecule has 1 aromatic rings. The zero-order valence-corrected chi connectivity index (χ0v) is 12.2. The Morgan fingerprint density at radius 3 is 2.65 bits per heavy atom. The highest BCUT2D eigenvalue weighted by Crippen LogP contribution is 2.25. The van der Waals surface area contributed by atoms with Crippen LogP contribution in [-0.2, 0) is 9.53 Å². The Hall–Kier alpha value is -1.17. The number of nitrogens with zero attached hydrogens (tertiary/aromatic N) is 1. The van der Waals surface area contributed by atoms with Crippen LogP contribution in [0.25, 0.3) is 0 Å². The average Bonchev–Trinajstić information content (AvgIpc) is 2.39. The molecule has 1 aromatic carbocycles. The number of morpholine rings is 1. The highest BCUT2D eigenvalue weighted by atomic mass is 35.5. The molecule has 0 aromatic heterocycles. The Morgan fingerprint density at radius 2 is 2.05 bits per heavy atom. The molecule has 1 amide bonds. The fourth-order valence-electron chi connectivity index (χ4n) is 2.30. The van der Waals surface area contributed by atoms with Crippen molar-refractivity contribution in [3.8, 4) is 0 Å². The number of amides is 1. The Morgan fingerprint density at radius 1 is 1.40 bits per heavy atom. The van der Waals surface area contributed by atoms with Crippen molar-refractivity contribution in [2.24, 2.45) is 5.73 Å². The van der Waals surface area contributed by atoms with Gasteiger partial charge in [-0.2, -0.15) is 0 Å². The Labute approximate surface area is 124 Å². The molecule has 4 nitrogen and oxygen atoms in total. The normalized spacial score (nSPS) is 22.2. The van der Waals surface area contributed by atoms with Gasteiger partial charge in [-0.15, -0.1) is 12.4 Å². The van der Waals surface area contributed by atoms with Crippen molar-refractivity contribution in [3.63, 3.8) is 0 Å². The third-order valence-corrected chi connectivity index (χ3v) is 3.21. The van der Waals surface area contributed by atoms with Crippen molar-refractivity contribution in [2.75, 3.05) is 19.6 Å². The predicted octanol–water partition coefficient (Wildman–Crippen LogP) is 1.88. The molecule has 0 spiro atoms. The van der Waals surface area contributed by atoms with Gasteiger partial charge in [-0.1, -0.05) is 12.1 Å². The molecule has 1 aliphatic rings. The first-order chi connectivity index (χ1) is 9.10. The number of rotatable bonds is 3. The van der Waals surface area contributed by atoms with Gasteiger partial charge in [0.15, 0.2) is 0 Å². The summed E-state index contributed by atoms with van der Waals surface area (Å²) in [5, 5.41) is 0. The molecule has 112 valence electrons. The first kappa shape index (κ1) is 16.9. The van der Waals surface area contributed by atoms with Crippen LogP contribution in [-0.4, -0.2) is 36.5 Å². The van der Waals surface area contributed by atoms with Crippen LogP contribution >= 0.6 is 12.4 Å². The van der Waals surface area contributed by atoms with Gasteiger partial charge in [0.2, 0.25) is 5.91 Å². The maximum atomic E-state index is 12.9. The number of benzene rings is 1. The summed E-state index contributed by atoms with van der Waals surface area (Å²) in [5.74, 6) is -0.228. The number of hydrogen-bond donors (Lipinski definition) is 1. The second kappa shape index (κ2) is 7.57. The number of ether oxygens (including phenoxy) is 1. The molecule has 1 fully saturated rings. The summed E-state index contributed by atoms with van der Waals surface area (Å²) in [7, 11) is 0. The van der Waals surface area contributed by atoms with E-state index in [1.807, 2.05) is 6.92 Å². The van der Waals surface area contributed by atoms with Crippen molar-refractivity contribution < 1.29 is 13.9 Å². The second-order valence-corrected chi connectivity index (χ2v) is 4.82. The summed E-state index contributed by atoms with van der Waals surface area (Å²) >= 11 is 0. The van der Waals surface area contributed by atoms with E-state index in [2.05, 4.69) is 0 Å². The summed E-state index contributed by atoms with van der Waals surface area (Å²) in [6.45, 7) is 3.36. The molecule has 1 heterocycles. The standard InChI is InChI=1S/C14H19FN2O2.ClH/c1-10-8-17(14(18)6-7-16)9-13(19-10)11-2-4-12(15)5-3-11;/h2-5,10,13H,6-9,16H2,1H3;1H. The van der Waals surface area contributed by atoms with E-state index in [0.29, 0.717) is 26.1 Å². The molecule has 6 heteroatoms. The first-order valence-electron chi connectivity index (χ1n) is 6.49. The third-order valence-electron chi connectivity index (χ3n) is 3.21. The van der Waals surface area contributed by atoms with Gasteiger partial charge in [-0.05, 0) is 24.6 Å². The predicted molar refractivity (Wildman–Crippen MR) is 77.2 cm³/mol. The Kier molecular flexibility index (Phi) is 6.39. The molecule has 0 saturated carbocycles. The highest BCUT2D eigenvalue weighted by Gasteiger charge is 2.28. The molecule has 2 atom stereocenters. The van der Waals surface area contributed by atoms with Gasteiger partial charge in [0.1, 0.15) is 11.9 Å². The summed E-state index contributed by atoms with van der Waals surface area (Å²) in [5.41, 5.74) is 6.30. The van der Waals surface area contributed by atoms with E-state index in [9.17, 15) is 9.18 Å². The summed E-state index contributed by atoms with van der Waals surface area (Å²) in [6.07, 6.45) is 0.111. The topological polar surface area (TPSA) is 55.6 Å². The van der Waals surface area contributed by atoms with Crippen LogP contribution in [0.3, 0.4) is 0 Å². The minimum atomic E-state index is -0.274. The number of carbonyl (C=O) groups excluding carboxylic acids is 1. The lowest BCUT2D eigenvalue weighted by molar-refractivity contribution is -0.144. The summed E-state index contributed by atoms with van der Waals surface area (Å²) < 4.78 is 18.7. The summed E-state index contributed by atoms with van der Waals surface area (Å²) in [6, 6.07) is 6.21. The van der Waals surface area contributed by atoms with E-state index in [0.717, 1.165) is 5.56 Å². The van der Waals surface area contributed by atoms with Crippen molar-refractivity contribution in [1.82, 2.24) is 4.90 Å². The molecule has 1 saturated heterocycles. The van der Waals surface area contributed by atoms with Crippen LogP contribution in [0.15, 0.2) is 24.3 Å². The van der Waals surface area contributed by atoms with Crippen LogP contribution in [0.2, 0.25) is 0 Å². The molecule has 2 N–H and O–H groups in total. The van der Waals surface area contributed by atoms with Crippen molar-refractivity contribution >= 4 is 18.3 Å². The van der Waals surface area contributed by atoms with Crippen molar-refractivity contribution in [2.45, 2.75) is 25.6 Å². The number of carbonyl (C=O) groups is 1. The molecule has 1 aliphatic heterocycles. The molecule has 2 rings (SSSR count). The molecule has 20 heavy (non-hydrogen) atoms. The van der Waals surface area contributed by atoms with Crippen LogP contribution in [0.1, 0.15) is 25.0 Å². The monoisotopic (exact) mass is 302 g/mol. The van der Waals surface area contributed by atoms with E-state index in [1.54, 1.807) is 17.0 Å². The van der Waals surface area contributed by atoms with Gasteiger partial charge < -0.3 is 15.4 Å². The molecular formula is C14H20ClFN2O2. The fraction of sp³-hybridized carbons (Fsp3) is 0.500. The van der Waals surface area contributed by atoms with Gasteiger partial charge in [0.25, 0.3) is 0 Å². The van der Waals surface area contributed by atoms with Crippen LogP contribution in [0.4, 0.5) is 4.39 Å². The lowest BCUT2D eigenvalue weighted by Gasteiger charge is -2.37. The third kappa shape index (κ3) is 4.16. The number of halogens is 2. The Bertz CT molecular complexity index is 441.